The molecule has 0 saturated heterocycles. The van der Waals surface area contributed by atoms with Crippen LogP contribution in [0, 0.1) is 17.5 Å². The minimum Gasteiger partial charge on any atom is -0.381 e. The Balaban J connectivity index is 2.53. The predicted molar refractivity (Wildman–Crippen MR) is 59.2 cm³/mol. The second kappa shape index (κ2) is 4.42. The fourth-order valence-corrected chi connectivity index (χ4v) is 1.68. The zero-order valence-corrected chi connectivity index (χ0v) is 9.49. The van der Waals surface area contributed by atoms with Crippen molar-refractivity contribution in [2.75, 3.05) is 0 Å². The Morgan fingerprint density at radius 1 is 0.889 bits per heavy atom. The van der Waals surface area contributed by atoms with Crippen molar-refractivity contribution in [2.24, 2.45) is 0 Å². The topological polar surface area (TPSA) is 33.1 Å². The SMILES string of the molecule is CC(O)(c1cncc(F)c1)c1cc(F)cc(F)c1. The molecule has 1 N–H and O–H groups in total. The highest BCUT2D eigenvalue weighted by molar-refractivity contribution is 5.34. The Labute approximate surface area is 102 Å². The molecule has 0 saturated carbocycles. The van der Waals surface area contributed by atoms with Crippen LogP contribution in [0.25, 0.3) is 0 Å². The smallest absolute Gasteiger partial charge is 0.141 e. The Morgan fingerprint density at radius 3 is 2.00 bits per heavy atom. The summed E-state index contributed by atoms with van der Waals surface area (Å²) in [5.41, 5.74) is -1.61. The summed E-state index contributed by atoms with van der Waals surface area (Å²) in [7, 11) is 0. The van der Waals surface area contributed by atoms with E-state index in [0.29, 0.717) is 6.07 Å². The number of aliphatic hydroxyl groups is 1. The highest BCUT2D eigenvalue weighted by Gasteiger charge is 2.27. The molecule has 5 heteroatoms. The van der Waals surface area contributed by atoms with Crippen molar-refractivity contribution in [3.8, 4) is 0 Å². The van der Waals surface area contributed by atoms with Crippen molar-refractivity contribution in [3.05, 3.63) is 65.2 Å². The third-order valence-electron chi connectivity index (χ3n) is 2.69. The quantitative estimate of drug-likeness (QED) is 0.892. The van der Waals surface area contributed by atoms with Gasteiger partial charge in [0.25, 0.3) is 0 Å². The van der Waals surface area contributed by atoms with Crippen molar-refractivity contribution in [1.82, 2.24) is 4.98 Å². The molecule has 0 aliphatic rings. The third-order valence-corrected chi connectivity index (χ3v) is 2.69. The molecule has 1 heterocycles. The van der Waals surface area contributed by atoms with Crippen LogP contribution in [0.3, 0.4) is 0 Å². The van der Waals surface area contributed by atoms with Gasteiger partial charge in [-0.3, -0.25) is 4.98 Å². The minimum absolute atomic E-state index is 0.00704. The van der Waals surface area contributed by atoms with E-state index in [9.17, 15) is 18.3 Å². The van der Waals surface area contributed by atoms with Crippen LogP contribution >= 0.6 is 0 Å². The number of hydrogen-bond acceptors (Lipinski definition) is 2. The lowest BCUT2D eigenvalue weighted by atomic mass is 9.89. The van der Waals surface area contributed by atoms with Gasteiger partial charge in [-0.1, -0.05) is 0 Å². The molecule has 1 aromatic carbocycles. The largest absolute Gasteiger partial charge is 0.381 e. The lowest BCUT2D eigenvalue weighted by Gasteiger charge is -2.24. The number of hydrogen-bond donors (Lipinski definition) is 1. The van der Waals surface area contributed by atoms with Crippen LogP contribution in [0.5, 0.6) is 0 Å². The molecular weight excluding hydrogens is 243 g/mol. The summed E-state index contributed by atoms with van der Waals surface area (Å²) in [5, 5.41) is 10.3. The molecule has 0 aliphatic carbocycles. The number of pyridine rings is 1. The summed E-state index contributed by atoms with van der Waals surface area (Å²) in [4.78, 5) is 3.60. The van der Waals surface area contributed by atoms with Gasteiger partial charge in [-0.15, -0.1) is 0 Å². The van der Waals surface area contributed by atoms with Crippen molar-refractivity contribution < 1.29 is 18.3 Å². The molecule has 0 spiro atoms. The Hall–Kier alpha value is -1.88. The maximum atomic E-state index is 13.1. The van der Waals surface area contributed by atoms with Gasteiger partial charge in [0.15, 0.2) is 0 Å². The maximum absolute atomic E-state index is 13.1. The van der Waals surface area contributed by atoms with Gasteiger partial charge in [-0.2, -0.15) is 0 Å². The standard InChI is InChI=1S/C13H10F3NO/c1-13(18,9-4-12(16)7-17-6-9)8-2-10(14)5-11(15)3-8/h2-7,18H,1H3. The normalized spacial score (nSPS) is 14.3. The van der Waals surface area contributed by atoms with Gasteiger partial charge in [0.1, 0.15) is 23.1 Å². The molecule has 0 bridgehead atoms. The highest BCUT2D eigenvalue weighted by atomic mass is 19.1. The van der Waals surface area contributed by atoms with Crippen LogP contribution in [0.2, 0.25) is 0 Å². The summed E-state index contributed by atoms with van der Waals surface area (Å²) >= 11 is 0. The van der Waals surface area contributed by atoms with Crippen molar-refractivity contribution >= 4 is 0 Å². The van der Waals surface area contributed by atoms with Crippen LogP contribution in [0.15, 0.2) is 36.7 Å². The highest BCUT2D eigenvalue weighted by Crippen LogP contribution is 2.29. The van der Waals surface area contributed by atoms with Gasteiger partial charge in [0, 0.05) is 17.8 Å². The first-order chi connectivity index (χ1) is 8.39. The molecule has 1 unspecified atom stereocenters. The first kappa shape index (κ1) is 12.6. The second-order valence-electron chi connectivity index (χ2n) is 4.12. The van der Waals surface area contributed by atoms with Crippen LogP contribution in [-0.2, 0) is 5.60 Å². The molecule has 1 atom stereocenters. The Bertz CT molecular complexity index is 564. The van der Waals surface area contributed by atoms with E-state index in [-0.39, 0.29) is 11.1 Å². The molecule has 1 aromatic heterocycles. The van der Waals surface area contributed by atoms with Crippen LogP contribution in [-0.4, -0.2) is 10.1 Å². The number of aromatic nitrogens is 1. The summed E-state index contributed by atoms with van der Waals surface area (Å²) in [6.07, 6.45) is 2.22. The second-order valence-corrected chi connectivity index (χ2v) is 4.12. The number of halogens is 3. The first-order valence-corrected chi connectivity index (χ1v) is 5.19. The van der Waals surface area contributed by atoms with Crippen LogP contribution in [0.1, 0.15) is 18.1 Å². The Kier molecular flexibility index (Phi) is 3.09. The third kappa shape index (κ3) is 2.36. The molecule has 2 aromatic rings. The zero-order valence-electron chi connectivity index (χ0n) is 9.49. The molecule has 0 amide bonds. The molecule has 0 radical (unpaired) electrons. The molecular formula is C13H10F3NO. The van der Waals surface area contributed by atoms with Crippen LogP contribution < -0.4 is 0 Å². The number of nitrogens with zero attached hydrogens (tertiary/aromatic N) is 1. The summed E-state index contributed by atoms with van der Waals surface area (Å²) in [6, 6.07) is 3.75. The van der Waals surface area contributed by atoms with E-state index in [1.165, 1.54) is 13.1 Å². The van der Waals surface area contributed by atoms with E-state index in [4.69, 9.17) is 0 Å². The van der Waals surface area contributed by atoms with E-state index in [1.807, 2.05) is 0 Å². The molecule has 94 valence electrons. The van der Waals surface area contributed by atoms with E-state index < -0.39 is 23.1 Å². The summed E-state index contributed by atoms with van der Waals surface area (Å²) < 4.78 is 39.3. The van der Waals surface area contributed by atoms with E-state index in [2.05, 4.69) is 4.98 Å². The average molecular weight is 253 g/mol. The van der Waals surface area contributed by atoms with Gasteiger partial charge in [0.05, 0.1) is 6.20 Å². The van der Waals surface area contributed by atoms with E-state index in [1.54, 1.807) is 0 Å². The zero-order chi connectivity index (χ0) is 13.3. The van der Waals surface area contributed by atoms with Gasteiger partial charge >= 0.3 is 0 Å². The van der Waals surface area contributed by atoms with Crippen molar-refractivity contribution in [2.45, 2.75) is 12.5 Å². The monoisotopic (exact) mass is 253 g/mol. The number of rotatable bonds is 2. The lowest BCUT2D eigenvalue weighted by molar-refractivity contribution is 0.101. The van der Waals surface area contributed by atoms with Crippen LogP contribution in [0.4, 0.5) is 13.2 Å². The molecule has 0 aliphatic heterocycles. The maximum Gasteiger partial charge on any atom is 0.141 e. The van der Waals surface area contributed by atoms with E-state index in [0.717, 1.165) is 24.4 Å². The number of benzene rings is 1. The first-order valence-electron chi connectivity index (χ1n) is 5.19. The van der Waals surface area contributed by atoms with E-state index >= 15 is 0 Å². The average Bonchev–Trinajstić information content (AvgIpc) is 2.27. The van der Waals surface area contributed by atoms with Gasteiger partial charge < -0.3 is 5.11 Å². The van der Waals surface area contributed by atoms with Crippen molar-refractivity contribution in [3.63, 3.8) is 0 Å². The Morgan fingerprint density at radius 2 is 1.44 bits per heavy atom. The molecule has 2 rings (SSSR count). The van der Waals surface area contributed by atoms with Gasteiger partial charge in [-0.05, 0) is 30.7 Å². The molecule has 0 fully saturated rings. The predicted octanol–water partition coefficient (Wildman–Crippen LogP) is 2.75. The summed E-state index contributed by atoms with van der Waals surface area (Å²) in [5.74, 6) is -2.26. The van der Waals surface area contributed by atoms with Gasteiger partial charge in [-0.25, -0.2) is 13.2 Å². The fraction of sp³-hybridized carbons (Fsp3) is 0.154. The van der Waals surface area contributed by atoms with Gasteiger partial charge in [0.2, 0.25) is 0 Å². The minimum atomic E-state index is -1.72. The molecule has 2 nitrogen and oxygen atoms in total. The lowest BCUT2D eigenvalue weighted by Crippen LogP contribution is -2.23. The fourth-order valence-electron chi connectivity index (χ4n) is 1.68. The summed E-state index contributed by atoms with van der Waals surface area (Å²) in [6.45, 7) is 1.32. The van der Waals surface area contributed by atoms with Crippen molar-refractivity contribution in [1.29, 1.82) is 0 Å². The molecule has 18 heavy (non-hydrogen) atoms.